The number of likely N-dealkylation sites (tertiary alicyclic amines) is 1. The van der Waals surface area contributed by atoms with E-state index >= 15 is 0 Å². The third-order valence-electron chi connectivity index (χ3n) is 6.04. The molecule has 1 fully saturated rings. The van der Waals surface area contributed by atoms with Crippen molar-refractivity contribution in [3.05, 3.63) is 70.9 Å². The van der Waals surface area contributed by atoms with E-state index in [-0.39, 0.29) is 6.04 Å². The minimum atomic E-state index is -3.52. The predicted molar refractivity (Wildman–Crippen MR) is 125 cm³/mol. The van der Waals surface area contributed by atoms with Gasteiger partial charge >= 0.3 is 0 Å². The number of nitrogens with one attached hydrogen (secondary N) is 1. The van der Waals surface area contributed by atoms with Crippen molar-refractivity contribution in [2.24, 2.45) is 7.05 Å². The Bertz CT molecular complexity index is 1070. The maximum Gasteiger partial charge on any atom is 0.250 e. The van der Waals surface area contributed by atoms with Gasteiger partial charge in [0.05, 0.1) is 5.69 Å². The first-order valence-electron chi connectivity index (χ1n) is 10.8. The van der Waals surface area contributed by atoms with E-state index in [0.29, 0.717) is 10.1 Å². The zero-order chi connectivity index (χ0) is 21.8. The van der Waals surface area contributed by atoms with Crippen LogP contribution in [0.4, 0.5) is 0 Å². The molecule has 1 atom stereocenters. The monoisotopic (exact) mass is 458 g/mol. The highest BCUT2D eigenvalue weighted by Gasteiger charge is 2.26. The van der Waals surface area contributed by atoms with Gasteiger partial charge in [0.15, 0.2) is 0 Å². The van der Waals surface area contributed by atoms with Crippen molar-refractivity contribution in [1.29, 1.82) is 0 Å². The summed E-state index contributed by atoms with van der Waals surface area (Å²) in [5, 5.41) is 6.28. The van der Waals surface area contributed by atoms with E-state index in [9.17, 15) is 8.42 Å². The van der Waals surface area contributed by atoms with E-state index in [1.807, 2.05) is 49.0 Å². The number of hydrogen-bond acceptors (Lipinski definition) is 5. The van der Waals surface area contributed by atoms with Gasteiger partial charge in [0.1, 0.15) is 4.21 Å². The van der Waals surface area contributed by atoms with Crippen LogP contribution in [0.5, 0.6) is 0 Å². The Labute approximate surface area is 189 Å². The van der Waals surface area contributed by atoms with Crippen LogP contribution in [0, 0.1) is 6.92 Å². The molecule has 166 valence electrons. The van der Waals surface area contributed by atoms with Crippen LogP contribution in [0.15, 0.2) is 58.1 Å². The van der Waals surface area contributed by atoms with Crippen molar-refractivity contribution in [3.63, 3.8) is 0 Å². The summed E-state index contributed by atoms with van der Waals surface area (Å²) in [6.45, 7) is 4.95. The number of hydrogen-bond donors (Lipinski definition) is 1. The summed E-state index contributed by atoms with van der Waals surface area (Å²) < 4.78 is 31.0. The minimum absolute atomic E-state index is 0.245. The molecule has 1 unspecified atom stereocenters. The molecule has 1 aliphatic rings. The first kappa shape index (κ1) is 22.2. The van der Waals surface area contributed by atoms with Gasteiger partial charge < -0.3 is 4.90 Å². The zero-order valence-corrected chi connectivity index (χ0v) is 19.7. The molecule has 0 spiro atoms. The summed E-state index contributed by atoms with van der Waals surface area (Å²) in [5.74, 6) is 0.546. The average molecular weight is 459 g/mol. The van der Waals surface area contributed by atoms with Crippen molar-refractivity contribution in [2.75, 3.05) is 19.6 Å². The standard InChI is InChI=1S/C23H30N4O2S2/c1-18-17-22(26(2)24-18)20-10-13-27(14-11-20)15-12-21(19-7-4-3-5-8-19)25-31(28,29)23-9-6-16-30-23/h3-9,16-17,20-21,25H,10-15H2,1-2H3. The van der Waals surface area contributed by atoms with E-state index in [4.69, 9.17) is 0 Å². The van der Waals surface area contributed by atoms with Gasteiger partial charge in [0.2, 0.25) is 0 Å². The lowest BCUT2D eigenvalue weighted by atomic mass is 9.93. The molecule has 3 aromatic rings. The van der Waals surface area contributed by atoms with Crippen LogP contribution in [0.2, 0.25) is 0 Å². The first-order valence-corrected chi connectivity index (χ1v) is 13.1. The van der Waals surface area contributed by atoms with Crippen molar-refractivity contribution >= 4 is 21.4 Å². The largest absolute Gasteiger partial charge is 0.303 e. The Hall–Kier alpha value is -2.00. The number of benzene rings is 1. The van der Waals surface area contributed by atoms with Crippen LogP contribution in [-0.4, -0.2) is 42.7 Å². The fraction of sp³-hybridized carbons (Fsp3) is 0.435. The highest BCUT2D eigenvalue weighted by Crippen LogP contribution is 2.29. The second-order valence-corrected chi connectivity index (χ2v) is 11.1. The summed E-state index contributed by atoms with van der Waals surface area (Å²) >= 11 is 1.25. The van der Waals surface area contributed by atoms with Crippen molar-refractivity contribution in [3.8, 4) is 0 Å². The van der Waals surface area contributed by atoms with Crippen LogP contribution in [0.1, 0.15) is 48.2 Å². The molecular weight excluding hydrogens is 428 g/mol. The molecule has 6 nitrogen and oxygen atoms in total. The molecule has 31 heavy (non-hydrogen) atoms. The summed E-state index contributed by atoms with van der Waals surface area (Å²) in [6, 6.07) is 15.3. The fourth-order valence-corrected chi connectivity index (χ4v) is 6.69. The topological polar surface area (TPSA) is 67.2 Å². The average Bonchev–Trinajstić information content (AvgIpc) is 3.42. The lowest BCUT2D eigenvalue weighted by Gasteiger charge is -2.33. The van der Waals surface area contributed by atoms with E-state index < -0.39 is 10.0 Å². The Morgan fingerprint density at radius 3 is 2.52 bits per heavy atom. The van der Waals surface area contributed by atoms with Gasteiger partial charge in [0, 0.05) is 24.7 Å². The van der Waals surface area contributed by atoms with E-state index in [1.165, 1.54) is 17.0 Å². The molecule has 4 rings (SSSR count). The summed E-state index contributed by atoms with van der Waals surface area (Å²) in [7, 11) is -1.50. The number of aromatic nitrogens is 2. The lowest BCUT2D eigenvalue weighted by molar-refractivity contribution is 0.201. The fourth-order valence-electron chi connectivity index (χ4n) is 4.42. The number of aryl methyl sites for hydroxylation is 2. The van der Waals surface area contributed by atoms with Crippen LogP contribution >= 0.6 is 11.3 Å². The number of piperidine rings is 1. The number of thiophene rings is 1. The molecule has 1 aromatic carbocycles. The molecule has 3 heterocycles. The molecule has 2 aromatic heterocycles. The number of nitrogens with zero attached hydrogens (tertiary/aromatic N) is 3. The van der Waals surface area contributed by atoms with Gasteiger partial charge in [-0.2, -0.15) is 5.10 Å². The molecule has 0 radical (unpaired) electrons. The van der Waals surface area contributed by atoms with Gasteiger partial charge in [-0.25, -0.2) is 13.1 Å². The number of rotatable bonds is 8. The van der Waals surface area contributed by atoms with E-state index in [2.05, 4.69) is 20.8 Å². The third-order valence-corrected chi connectivity index (χ3v) is 8.91. The molecule has 0 aliphatic carbocycles. The summed E-state index contributed by atoms with van der Waals surface area (Å²) in [6.07, 6.45) is 2.95. The molecule has 0 amide bonds. The molecule has 0 bridgehead atoms. The molecule has 8 heteroatoms. The maximum absolute atomic E-state index is 12.8. The Balaban J connectivity index is 1.39. The summed E-state index contributed by atoms with van der Waals surface area (Å²) in [5.41, 5.74) is 3.40. The van der Waals surface area contributed by atoms with Crippen molar-refractivity contribution in [1.82, 2.24) is 19.4 Å². The van der Waals surface area contributed by atoms with Gasteiger partial charge in [-0.1, -0.05) is 36.4 Å². The van der Waals surface area contributed by atoms with Crippen LogP contribution < -0.4 is 4.72 Å². The van der Waals surface area contributed by atoms with Crippen molar-refractivity contribution in [2.45, 2.75) is 42.4 Å². The minimum Gasteiger partial charge on any atom is -0.303 e. The molecule has 0 saturated carbocycles. The second-order valence-electron chi connectivity index (χ2n) is 8.26. The molecule has 1 saturated heterocycles. The van der Waals surface area contributed by atoms with Gasteiger partial charge in [0.25, 0.3) is 10.0 Å². The molecule has 1 N–H and O–H groups in total. The van der Waals surface area contributed by atoms with Crippen LogP contribution in [0.25, 0.3) is 0 Å². The third kappa shape index (κ3) is 5.44. The van der Waals surface area contributed by atoms with Gasteiger partial charge in [-0.3, -0.25) is 4.68 Å². The van der Waals surface area contributed by atoms with Gasteiger partial charge in [-0.15, -0.1) is 11.3 Å². The summed E-state index contributed by atoms with van der Waals surface area (Å²) in [4.78, 5) is 2.45. The van der Waals surface area contributed by atoms with Crippen LogP contribution in [-0.2, 0) is 17.1 Å². The Morgan fingerprint density at radius 2 is 1.90 bits per heavy atom. The molecule has 1 aliphatic heterocycles. The number of sulfonamides is 1. The Kier molecular flexibility index (Phi) is 6.91. The first-order chi connectivity index (χ1) is 14.9. The maximum atomic E-state index is 12.8. The molecular formula is C23H30N4O2S2. The van der Waals surface area contributed by atoms with Crippen LogP contribution in [0.3, 0.4) is 0 Å². The predicted octanol–water partition coefficient (Wildman–Crippen LogP) is 4.08. The van der Waals surface area contributed by atoms with E-state index in [0.717, 1.165) is 50.2 Å². The normalized spacial score (nSPS) is 17.1. The highest BCUT2D eigenvalue weighted by atomic mass is 32.2. The second kappa shape index (κ2) is 9.65. The van der Waals surface area contributed by atoms with Crippen molar-refractivity contribution < 1.29 is 8.42 Å². The Morgan fingerprint density at radius 1 is 1.16 bits per heavy atom. The smallest absolute Gasteiger partial charge is 0.250 e. The van der Waals surface area contributed by atoms with E-state index in [1.54, 1.807) is 17.5 Å². The zero-order valence-electron chi connectivity index (χ0n) is 18.1. The van der Waals surface area contributed by atoms with Gasteiger partial charge in [-0.05, 0) is 68.9 Å². The quantitative estimate of drug-likeness (QED) is 0.552. The highest BCUT2D eigenvalue weighted by molar-refractivity contribution is 7.91. The SMILES string of the molecule is Cc1cc(C2CCN(CCC(NS(=O)(=O)c3cccs3)c3ccccc3)CC2)n(C)n1. The lowest BCUT2D eigenvalue weighted by Crippen LogP contribution is -2.37.